The van der Waals surface area contributed by atoms with Crippen LogP contribution in [0.5, 0.6) is 0 Å². The Morgan fingerprint density at radius 1 is 1.16 bits per heavy atom. The lowest BCUT2D eigenvalue weighted by Gasteiger charge is -2.37. The fraction of sp³-hybridized carbons (Fsp3) is 0.350. The number of ether oxygens (including phenoxy) is 1. The Balaban J connectivity index is 1.59. The van der Waals surface area contributed by atoms with Gasteiger partial charge in [-0.3, -0.25) is 0 Å². The first kappa shape index (κ1) is 17.4. The summed E-state index contributed by atoms with van der Waals surface area (Å²) in [7, 11) is 0. The van der Waals surface area contributed by atoms with Crippen molar-refractivity contribution in [2.24, 2.45) is 5.92 Å². The van der Waals surface area contributed by atoms with Crippen LogP contribution in [0.2, 0.25) is 0 Å². The number of rotatable bonds is 4. The summed E-state index contributed by atoms with van der Waals surface area (Å²) < 4.78 is 18.5. The van der Waals surface area contributed by atoms with Gasteiger partial charge in [-0.15, -0.1) is 0 Å². The normalized spacial score (nSPS) is 20.3. The first-order valence-corrected chi connectivity index (χ1v) is 8.49. The summed E-state index contributed by atoms with van der Waals surface area (Å²) in [5.74, 6) is -0.238. The number of carbonyl (C=O) groups excluding carboxylic acids is 1. The summed E-state index contributed by atoms with van der Waals surface area (Å²) in [5.41, 5.74) is 1.94. The highest BCUT2D eigenvalue weighted by Gasteiger charge is 2.32. The molecule has 25 heavy (non-hydrogen) atoms. The number of aliphatic hydroxyl groups excluding tert-OH is 1. The van der Waals surface area contributed by atoms with Crippen LogP contribution >= 0.6 is 0 Å². The van der Waals surface area contributed by atoms with Crippen LogP contribution in [0, 0.1) is 11.7 Å². The number of carbonyl (C=O) groups is 1. The van der Waals surface area contributed by atoms with E-state index in [-0.39, 0.29) is 37.0 Å². The summed E-state index contributed by atoms with van der Waals surface area (Å²) in [6.45, 7) is 1.21. The molecule has 1 fully saturated rings. The molecule has 0 spiro atoms. The summed E-state index contributed by atoms with van der Waals surface area (Å²) in [4.78, 5) is 13.9. The number of benzene rings is 2. The van der Waals surface area contributed by atoms with Gasteiger partial charge in [0.1, 0.15) is 12.4 Å². The maximum Gasteiger partial charge on any atom is 0.410 e. The fourth-order valence-electron chi connectivity index (χ4n) is 3.34. The molecule has 1 aliphatic rings. The minimum absolute atomic E-state index is 0.0233. The van der Waals surface area contributed by atoms with Crippen molar-refractivity contribution in [1.82, 2.24) is 4.90 Å². The van der Waals surface area contributed by atoms with Gasteiger partial charge in [0, 0.05) is 25.6 Å². The van der Waals surface area contributed by atoms with E-state index in [1.54, 1.807) is 17.0 Å². The van der Waals surface area contributed by atoms with E-state index in [0.29, 0.717) is 13.1 Å². The highest BCUT2D eigenvalue weighted by atomic mass is 19.1. The maximum atomic E-state index is 13.1. The van der Waals surface area contributed by atoms with Crippen LogP contribution in [-0.4, -0.2) is 35.8 Å². The van der Waals surface area contributed by atoms with Crippen molar-refractivity contribution in [3.63, 3.8) is 0 Å². The van der Waals surface area contributed by atoms with E-state index < -0.39 is 0 Å². The predicted molar refractivity (Wildman–Crippen MR) is 92.5 cm³/mol. The smallest absolute Gasteiger partial charge is 0.410 e. The third-order valence-corrected chi connectivity index (χ3v) is 4.73. The minimum Gasteiger partial charge on any atom is -0.445 e. The minimum atomic E-state index is -0.361. The van der Waals surface area contributed by atoms with Crippen molar-refractivity contribution in [1.29, 1.82) is 0 Å². The number of amides is 1. The van der Waals surface area contributed by atoms with E-state index in [0.717, 1.165) is 17.5 Å². The zero-order valence-corrected chi connectivity index (χ0v) is 14.0. The summed E-state index contributed by atoms with van der Waals surface area (Å²) in [6, 6.07) is 15.9. The molecule has 1 heterocycles. The molecule has 2 aromatic carbocycles. The summed E-state index contributed by atoms with van der Waals surface area (Å²) in [6.07, 6.45) is 0.358. The molecule has 0 aromatic heterocycles. The lowest BCUT2D eigenvalue weighted by Crippen LogP contribution is -2.44. The predicted octanol–water partition coefficient (Wildman–Crippen LogP) is 3.56. The average molecular weight is 343 g/mol. The first-order valence-electron chi connectivity index (χ1n) is 8.49. The van der Waals surface area contributed by atoms with Crippen LogP contribution in [-0.2, 0) is 11.3 Å². The third kappa shape index (κ3) is 4.37. The topological polar surface area (TPSA) is 49.8 Å². The second-order valence-electron chi connectivity index (χ2n) is 6.38. The molecule has 5 heteroatoms. The van der Waals surface area contributed by atoms with Gasteiger partial charge in [-0.1, -0.05) is 42.5 Å². The SMILES string of the molecule is O=C(OCc1ccccc1)N1CCC(c2ccc(F)cc2)C(CO)C1. The molecule has 2 atom stereocenters. The van der Waals surface area contributed by atoms with E-state index in [4.69, 9.17) is 4.74 Å². The molecule has 2 aromatic rings. The molecule has 0 radical (unpaired) electrons. The van der Waals surface area contributed by atoms with Gasteiger partial charge in [-0.2, -0.15) is 0 Å². The number of aliphatic hydroxyl groups is 1. The number of piperidine rings is 1. The first-order chi connectivity index (χ1) is 12.2. The van der Waals surface area contributed by atoms with Crippen LogP contribution in [0.3, 0.4) is 0 Å². The molecule has 2 unspecified atom stereocenters. The number of nitrogens with zero attached hydrogens (tertiary/aromatic N) is 1. The average Bonchev–Trinajstić information content (AvgIpc) is 2.67. The molecular formula is C20H22FNO3. The third-order valence-electron chi connectivity index (χ3n) is 4.73. The van der Waals surface area contributed by atoms with Crippen LogP contribution in [0.15, 0.2) is 54.6 Å². The quantitative estimate of drug-likeness (QED) is 0.923. The monoisotopic (exact) mass is 343 g/mol. The van der Waals surface area contributed by atoms with Gasteiger partial charge in [0.25, 0.3) is 0 Å². The highest BCUT2D eigenvalue weighted by Crippen LogP contribution is 2.33. The maximum absolute atomic E-state index is 13.1. The van der Waals surface area contributed by atoms with Gasteiger partial charge < -0.3 is 14.7 Å². The lowest BCUT2D eigenvalue weighted by atomic mass is 9.81. The molecule has 3 rings (SSSR count). The van der Waals surface area contributed by atoms with Crippen molar-refractivity contribution in [3.05, 3.63) is 71.5 Å². The zero-order valence-electron chi connectivity index (χ0n) is 14.0. The van der Waals surface area contributed by atoms with Crippen LogP contribution in [0.25, 0.3) is 0 Å². The van der Waals surface area contributed by atoms with E-state index in [2.05, 4.69) is 0 Å². The zero-order chi connectivity index (χ0) is 17.6. The van der Waals surface area contributed by atoms with Crippen molar-refractivity contribution in [3.8, 4) is 0 Å². The lowest BCUT2D eigenvalue weighted by molar-refractivity contribution is 0.0613. The van der Waals surface area contributed by atoms with Gasteiger partial charge in [-0.25, -0.2) is 9.18 Å². The fourth-order valence-corrected chi connectivity index (χ4v) is 3.34. The van der Waals surface area contributed by atoms with Gasteiger partial charge in [-0.05, 0) is 35.6 Å². The molecule has 132 valence electrons. The molecule has 4 nitrogen and oxygen atoms in total. The van der Waals surface area contributed by atoms with E-state index in [9.17, 15) is 14.3 Å². The van der Waals surface area contributed by atoms with E-state index in [1.165, 1.54) is 12.1 Å². The Hall–Kier alpha value is -2.40. The molecule has 1 N–H and O–H groups in total. The van der Waals surface area contributed by atoms with Crippen molar-refractivity contribution in [2.45, 2.75) is 18.9 Å². The molecule has 1 saturated heterocycles. The van der Waals surface area contributed by atoms with E-state index in [1.807, 2.05) is 30.3 Å². The molecule has 0 aliphatic carbocycles. The van der Waals surface area contributed by atoms with Gasteiger partial charge in [0.15, 0.2) is 0 Å². The summed E-state index contributed by atoms with van der Waals surface area (Å²) >= 11 is 0. The van der Waals surface area contributed by atoms with Crippen molar-refractivity contribution >= 4 is 6.09 Å². The summed E-state index contributed by atoms with van der Waals surface area (Å²) in [5, 5.41) is 9.73. The number of likely N-dealkylation sites (tertiary alicyclic amines) is 1. The Labute approximate surface area is 146 Å². The Morgan fingerprint density at radius 3 is 2.56 bits per heavy atom. The van der Waals surface area contributed by atoms with Crippen LogP contribution in [0.1, 0.15) is 23.5 Å². The van der Waals surface area contributed by atoms with Gasteiger partial charge in [0.2, 0.25) is 0 Å². The molecular weight excluding hydrogens is 321 g/mol. The highest BCUT2D eigenvalue weighted by molar-refractivity contribution is 5.67. The number of hydrogen-bond donors (Lipinski definition) is 1. The molecule has 1 amide bonds. The number of hydrogen-bond acceptors (Lipinski definition) is 3. The van der Waals surface area contributed by atoms with E-state index >= 15 is 0 Å². The van der Waals surface area contributed by atoms with Crippen LogP contribution < -0.4 is 0 Å². The van der Waals surface area contributed by atoms with Gasteiger partial charge >= 0.3 is 6.09 Å². The Bertz CT molecular complexity index is 690. The van der Waals surface area contributed by atoms with Crippen molar-refractivity contribution < 1.29 is 19.0 Å². The standard InChI is InChI=1S/C20H22FNO3/c21-18-8-6-16(7-9-18)19-10-11-22(12-17(19)13-23)20(24)25-14-15-4-2-1-3-5-15/h1-9,17,19,23H,10-14H2. The molecule has 1 aliphatic heterocycles. The molecule has 0 saturated carbocycles. The number of halogens is 1. The Kier molecular flexibility index (Phi) is 5.66. The van der Waals surface area contributed by atoms with Gasteiger partial charge in [0.05, 0.1) is 0 Å². The molecule has 0 bridgehead atoms. The second-order valence-corrected chi connectivity index (χ2v) is 6.38. The largest absolute Gasteiger partial charge is 0.445 e. The van der Waals surface area contributed by atoms with Crippen molar-refractivity contribution in [2.75, 3.05) is 19.7 Å². The second kappa shape index (κ2) is 8.12. The Morgan fingerprint density at radius 2 is 1.88 bits per heavy atom. The van der Waals surface area contributed by atoms with Crippen LogP contribution in [0.4, 0.5) is 9.18 Å².